The number of ether oxygens (including phenoxy) is 2. The molecule has 0 spiro atoms. The number of carbonyl (C=O) groups is 2. The van der Waals surface area contributed by atoms with Crippen LogP contribution >= 0.6 is 0 Å². The molecule has 0 heterocycles. The minimum atomic E-state index is -1.37. The summed E-state index contributed by atoms with van der Waals surface area (Å²) in [6, 6.07) is 24.3. The van der Waals surface area contributed by atoms with E-state index in [2.05, 4.69) is 5.32 Å². The lowest BCUT2D eigenvalue weighted by Crippen LogP contribution is -2.59. The normalized spacial score (nSPS) is 23.9. The minimum absolute atomic E-state index is 0.101. The molecule has 2 atom stereocenters. The van der Waals surface area contributed by atoms with Gasteiger partial charge in [-0.05, 0) is 34.4 Å². The number of carboxylic acid groups (broad SMARTS) is 1. The Kier molecular flexibility index (Phi) is 6.38. The maximum Gasteiger partial charge on any atom is 0.311 e. The van der Waals surface area contributed by atoms with Gasteiger partial charge in [-0.15, -0.1) is 0 Å². The number of aliphatic hydroxyl groups excluding tert-OH is 1. The molecule has 6 rings (SSSR count). The summed E-state index contributed by atoms with van der Waals surface area (Å²) in [5, 5.41) is 22.5. The quantitative estimate of drug-likeness (QED) is 0.412. The maximum absolute atomic E-state index is 13.8. The van der Waals surface area contributed by atoms with Gasteiger partial charge in [-0.1, -0.05) is 66.7 Å². The molecule has 0 saturated carbocycles. The van der Waals surface area contributed by atoms with E-state index in [-0.39, 0.29) is 32.3 Å². The maximum atomic E-state index is 13.8. The fourth-order valence-electron chi connectivity index (χ4n) is 5.74. The fourth-order valence-corrected chi connectivity index (χ4v) is 5.74. The van der Waals surface area contributed by atoms with Crippen LogP contribution in [0.1, 0.15) is 28.2 Å². The molecule has 2 bridgehead atoms. The van der Waals surface area contributed by atoms with Crippen molar-refractivity contribution in [2.45, 2.75) is 11.5 Å². The van der Waals surface area contributed by atoms with E-state index in [1.54, 1.807) is 12.1 Å². The zero-order chi connectivity index (χ0) is 24.4. The minimum Gasteiger partial charge on any atom is -0.481 e. The van der Waals surface area contributed by atoms with Crippen LogP contribution in [0, 0.1) is 11.8 Å². The summed E-state index contributed by atoms with van der Waals surface area (Å²) < 4.78 is 11.9. The van der Waals surface area contributed by atoms with Gasteiger partial charge in [-0.25, -0.2) is 0 Å². The van der Waals surface area contributed by atoms with Gasteiger partial charge in [0.1, 0.15) is 11.5 Å². The van der Waals surface area contributed by atoms with Gasteiger partial charge in [0.05, 0.1) is 32.3 Å². The van der Waals surface area contributed by atoms with Crippen LogP contribution in [0.25, 0.3) is 0 Å². The molecule has 0 saturated heterocycles. The molecular formula is C28H27NO6. The number of aliphatic hydroxyl groups is 1. The molecule has 2 unspecified atom stereocenters. The summed E-state index contributed by atoms with van der Waals surface area (Å²) in [4.78, 5) is 26.7. The predicted molar refractivity (Wildman–Crippen MR) is 129 cm³/mol. The van der Waals surface area contributed by atoms with E-state index >= 15 is 0 Å². The number of aliphatic carboxylic acids is 1. The molecule has 0 aliphatic heterocycles. The van der Waals surface area contributed by atoms with Crippen molar-refractivity contribution in [3.05, 3.63) is 101 Å². The highest BCUT2D eigenvalue weighted by molar-refractivity contribution is 5.98. The average Bonchev–Trinajstić information content (AvgIpc) is 2.88. The van der Waals surface area contributed by atoms with E-state index in [4.69, 9.17) is 14.6 Å². The number of carbonyl (C=O) groups excluding carboxylic acids is 1. The standard InChI is InChI=1S/C28H27NO6/c30-14-15-34-16-17-35-28-21-12-6-4-10-19(21)23(20-11-5-7-13-22(20)28)24(25(28)27(32)33)26(31)29-18-8-2-1-3-9-18/h1-13,23-25,30H,14-17H2,(H,29,31)(H,32,33). The van der Waals surface area contributed by atoms with Gasteiger partial charge in [0.2, 0.25) is 5.91 Å². The molecule has 7 heteroatoms. The van der Waals surface area contributed by atoms with E-state index in [0.717, 1.165) is 22.3 Å². The van der Waals surface area contributed by atoms with Gasteiger partial charge in [0.15, 0.2) is 0 Å². The SMILES string of the molecule is O=C(Nc1ccccc1)C1C2c3ccccc3C(OCCOCCO)(c3ccccc32)C1C(=O)O. The molecular weight excluding hydrogens is 446 g/mol. The van der Waals surface area contributed by atoms with Crippen LogP contribution in [0.3, 0.4) is 0 Å². The third kappa shape index (κ3) is 3.82. The molecule has 7 nitrogen and oxygen atoms in total. The van der Waals surface area contributed by atoms with Crippen molar-refractivity contribution < 1.29 is 29.3 Å². The lowest BCUT2D eigenvalue weighted by atomic mass is 9.51. The fraction of sp³-hybridized carbons (Fsp3) is 0.286. The molecule has 0 radical (unpaired) electrons. The smallest absolute Gasteiger partial charge is 0.311 e. The Balaban J connectivity index is 1.66. The number of fused-ring (bicyclic) bond motifs is 1. The van der Waals surface area contributed by atoms with Crippen LogP contribution in [0.2, 0.25) is 0 Å². The van der Waals surface area contributed by atoms with Gasteiger partial charge < -0.3 is 25.0 Å². The second-order valence-corrected chi connectivity index (χ2v) is 8.77. The van der Waals surface area contributed by atoms with Gasteiger partial charge in [-0.3, -0.25) is 9.59 Å². The van der Waals surface area contributed by atoms with Crippen molar-refractivity contribution in [3.63, 3.8) is 0 Å². The molecule has 0 fully saturated rings. The van der Waals surface area contributed by atoms with Crippen LogP contribution in [0.4, 0.5) is 5.69 Å². The molecule has 180 valence electrons. The number of para-hydroxylation sites is 1. The first-order valence-corrected chi connectivity index (χ1v) is 11.7. The third-order valence-corrected chi connectivity index (χ3v) is 6.95. The Morgan fingerprint density at radius 2 is 1.43 bits per heavy atom. The number of hydrogen-bond donors (Lipinski definition) is 3. The Bertz CT molecular complexity index is 1180. The Morgan fingerprint density at radius 1 is 0.829 bits per heavy atom. The van der Waals surface area contributed by atoms with E-state index in [1.165, 1.54) is 0 Å². The molecule has 3 aromatic carbocycles. The van der Waals surface area contributed by atoms with Crippen LogP contribution in [0.15, 0.2) is 78.9 Å². The number of nitrogens with one attached hydrogen (secondary N) is 1. The van der Waals surface area contributed by atoms with Crippen molar-refractivity contribution in [2.75, 3.05) is 31.7 Å². The molecule has 0 aromatic heterocycles. The molecule has 3 N–H and O–H groups in total. The second kappa shape index (κ2) is 9.62. The first kappa shape index (κ1) is 23.2. The third-order valence-electron chi connectivity index (χ3n) is 6.95. The first-order chi connectivity index (χ1) is 17.1. The zero-order valence-corrected chi connectivity index (χ0v) is 19.1. The lowest BCUT2D eigenvalue weighted by molar-refractivity contribution is -0.170. The number of benzene rings is 3. The number of rotatable bonds is 9. The molecule has 1 amide bonds. The summed E-state index contributed by atoms with van der Waals surface area (Å²) in [6.45, 7) is 0.335. The summed E-state index contributed by atoms with van der Waals surface area (Å²) in [5.74, 6) is -3.93. The largest absolute Gasteiger partial charge is 0.481 e. The van der Waals surface area contributed by atoms with Gasteiger partial charge >= 0.3 is 5.97 Å². The number of amides is 1. The Labute approximate surface area is 203 Å². The Hall–Kier alpha value is -3.52. The highest BCUT2D eigenvalue weighted by atomic mass is 16.5. The lowest BCUT2D eigenvalue weighted by Gasteiger charge is -2.55. The van der Waals surface area contributed by atoms with Gasteiger partial charge in [0.25, 0.3) is 0 Å². The summed E-state index contributed by atoms with van der Waals surface area (Å²) in [5.41, 5.74) is 2.57. The molecule has 3 aromatic rings. The van der Waals surface area contributed by atoms with E-state index in [0.29, 0.717) is 5.69 Å². The zero-order valence-electron chi connectivity index (χ0n) is 19.1. The van der Waals surface area contributed by atoms with E-state index in [9.17, 15) is 14.7 Å². The van der Waals surface area contributed by atoms with E-state index in [1.807, 2.05) is 66.7 Å². The van der Waals surface area contributed by atoms with Crippen LogP contribution in [-0.4, -0.2) is 48.5 Å². The van der Waals surface area contributed by atoms with Gasteiger partial charge in [0, 0.05) is 11.6 Å². The monoisotopic (exact) mass is 473 g/mol. The van der Waals surface area contributed by atoms with Gasteiger partial charge in [-0.2, -0.15) is 0 Å². The average molecular weight is 474 g/mol. The van der Waals surface area contributed by atoms with Crippen molar-refractivity contribution in [3.8, 4) is 0 Å². The van der Waals surface area contributed by atoms with E-state index < -0.39 is 29.3 Å². The van der Waals surface area contributed by atoms with Crippen LogP contribution in [0.5, 0.6) is 0 Å². The number of carboxylic acids is 1. The summed E-state index contributed by atoms with van der Waals surface area (Å²) >= 11 is 0. The number of anilines is 1. The topological polar surface area (TPSA) is 105 Å². The molecule has 3 aliphatic rings. The van der Waals surface area contributed by atoms with Crippen molar-refractivity contribution in [1.29, 1.82) is 0 Å². The second-order valence-electron chi connectivity index (χ2n) is 8.77. The first-order valence-electron chi connectivity index (χ1n) is 11.7. The number of hydrogen-bond acceptors (Lipinski definition) is 5. The molecule has 35 heavy (non-hydrogen) atoms. The summed E-state index contributed by atoms with van der Waals surface area (Å²) in [6.07, 6.45) is 0. The summed E-state index contributed by atoms with van der Waals surface area (Å²) in [7, 11) is 0. The highest BCUT2D eigenvalue weighted by Gasteiger charge is 2.64. The van der Waals surface area contributed by atoms with Crippen LogP contribution in [-0.2, 0) is 24.7 Å². The highest BCUT2D eigenvalue weighted by Crippen LogP contribution is 2.62. The van der Waals surface area contributed by atoms with Crippen molar-refractivity contribution in [1.82, 2.24) is 0 Å². The van der Waals surface area contributed by atoms with Crippen molar-refractivity contribution >= 4 is 17.6 Å². The Morgan fingerprint density at radius 3 is 2.03 bits per heavy atom. The van der Waals surface area contributed by atoms with Crippen LogP contribution < -0.4 is 5.32 Å². The predicted octanol–water partition coefficient (Wildman–Crippen LogP) is 3.37. The van der Waals surface area contributed by atoms with Crippen molar-refractivity contribution in [2.24, 2.45) is 11.8 Å². The molecule has 3 aliphatic carbocycles.